The average molecular weight is 385 g/mol. The third-order valence-electron chi connectivity index (χ3n) is 5.06. The summed E-state index contributed by atoms with van der Waals surface area (Å²) in [6.07, 6.45) is 6.09. The summed E-state index contributed by atoms with van der Waals surface area (Å²) in [4.78, 5) is 4.79. The fourth-order valence-corrected chi connectivity index (χ4v) is 3.43. The lowest BCUT2D eigenvalue weighted by Crippen LogP contribution is -2.47. The number of guanidine groups is 1. The zero-order valence-corrected chi connectivity index (χ0v) is 17.0. The molecule has 152 valence electrons. The zero-order valence-electron chi connectivity index (χ0n) is 17.0. The molecule has 1 saturated heterocycles. The minimum atomic E-state index is 0.228. The summed E-state index contributed by atoms with van der Waals surface area (Å²) in [6.45, 7) is 7.43. The van der Waals surface area contributed by atoms with Crippen molar-refractivity contribution in [2.24, 2.45) is 4.99 Å². The number of ether oxygens (including phenoxy) is 1. The quantitative estimate of drug-likeness (QED) is 0.512. The number of nitrogens with zero attached hydrogens (tertiary/aromatic N) is 4. The van der Waals surface area contributed by atoms with Gasteiger partial charge in [-0.3, -0.25) is 4.99 Å². The Morgan fingerprint density at radius 2 is 2.21 bits per heavy atom. The Kier molecular flexibility index (Phi) is 7.84. The van der Waals surface area contributed by atoms with Gasteiger partial charge in [-0.1, -0.05) is 37.3 Å². The van der Waals surface area contributed by atoms with E-state index in [9.17, 15) is 0 Å². The Morgan fingerprint density at radius 3 is 2.96 bits per heavy atom. The first-order valence-corrected chi connectivity index (χ1v) is 10.3. The van der Waals surface area contributed by atoms with Crippen molar-refractivity contribution in [3.63, 3.8) is 0 Å². The molecule has 1 aliphatic rings. The van der Waals surface area contributed by atoms with Crippen molar-refractivity contribution in [2.45, 2.75) is 58.2 Å². The molecule has 2 atom stereocenters. The van der Waals surface area contributed by atoms with Gasteiger partial charge in [0.25, 0.3) is 0 Å². The molecule has 7 nitrogen and oxygen atoms in total. The van der Waals surface area contributed by atoms with Gasteiger partial charge in [-0.05, 0) is 31.7 Å². The molecule has 0 spiro atoms. The highest BCUT2D eigenvalue weighted by Crippen LogP contribution is 2.15. The Balaban J connectivity index is 1.55. The first-order chi connectivity index (χ1) is 13.8. The van der Waals surface area contributed by atoms with E-state index < -0.39 is 0 Å². The van der Waals surface area contributed by atoms with Crippen LogP contribution in [0.4, 0.5) is 0 Å². The molecule has 3 rings (SSSR count). The number of hydrogen-bond acceptors (Lipinski definition) is 4. The van der Waals surface area contributed by atoms with Crippen LogP contribution in [0.2, 0.25) is 0 Å². The molecule has 2 unspecified atom stereocenters. The molecule has 0 radical (unpaired) electrons. The Labute approximate surface area is 167 Å². The van der Waals surface area contributed by atoms with Crippen LogP contribution in [0.25, 0.3) is 0 Å². The molecule has 2 aromatic rings. The molecule has 28 heavy (non-hydrogen) atoms. The lowest BCUT2D eigenvalue weighted by Gasteiger charge is -2.23. The Bertz CT molecular complexity index is 724. The van der Waals surface area contributed by atoms with E-state index in [1.165, 1.54) is 5.56 Å². The van der Waals surface area contributed by atoms with Crippen molar-refractivity contribution in [1.29, 1.82) is 0 Å². The number of aryl methyl sites for hydroxylation is 1. The Morgan fingerprint density at radius 1 is 1.36 bits per heavy atom. The lowest BCUT2D eigenvalue weighted by atomic mass is 10.1. The van der Waals surface area contributed by atoms with Crippen LogP contribution >= 0.6 is 0 Å². The number of hydrogen-bond donors (Lipinski definition) is 2. The standard InChI is InChI=1S/C21H32N6O/c1-3-20-26-24-16-27(20)14-13-23-21(25-17(2)19-10-7-15-28-19)22-12-11-18-8-5-4-6-9-18/h4-6,8-9,16-17,19H,3,7,10-15H2,1-2H3,(H2,22,23,25). The molecule has 2 heterocycles. The van der Waals surface area contributed by atoms with Gasteiger partial charge in [0.1, 0.15) is 12.2 Å². The van der Waals surface area contributed by atoms with Gasteiger partial charge in [-0.15, -0.1) is 10.2 Å². The first-order valence-electron chi connectivity index (χ1n) is 10.3. The minimum absolute atomic E-state index is 0.228. The maximum atomic E-state index is 5.82. The normalized spacial score (nSPS) is 18.2. The number of rotatable bonds is 9. The smallest absolute Gasteiger partial charge is 0.191 e. The summed E-state index contributed by atoms with van der Waals surface area (Å²) in [5.41, 5.74) is 1.30. The molecule has 0 aliphatic carbocycles. The topological polar surface area (TPSA) is 76.4 Å². The van der Waals surface area contributed by atoms with Gasteiger partial charge >= 0.3 is 0 Å². The van der Waals surface area contributed by atoms with Crippen LogP contribution in [-0.4, -0.2) is 52.6 Å². The van der Waals surface area contributed by atoms with E-state index in [0.717, 1.165) is 63.7 Å². The van der Waals surface area contributed by atoms with E-state index in [1.54, 1.807) is 6.33 Å². The SMILES string of the molecule is CCc1nncn1CCNC(=NCCc1ccccc1)NC(C)C1CCCO1. The number of nitrogens with one attached hydrogen (secondary N) is 2. The van der Waals surface area contributed by atoms with Crippen molar-refractivity contribution >= 4 is 5.96 Å². The highest BCUT2D eigenvalue weighted by Gasteiger charge is 2.23. The van der Waals surface area contributed by atoms with E-state index in [0.29, 0.717) is 0 Å². The summed E-state index contributed by atoms with van der Waals surface area (Å²) in [6, 6.07) is 10.7. The van der Waals surface area contributed by atoms with Crippen LogP contribution in [0.3, 0.4) is 0 Å². The predicted molar refractivity (Wildman–Crippen MR) is 111 cm³/mol. The van der Waals surface area contributed by atoms with E-state index >= 15 is 0 Å². The summed E-state index contributed by atoms with van der Waals surface area (Å²) in [5.74, 6) is 1.84. The molecule has 2 N–H and O–H groups in total. The van der Waals surface area contributed by atoms with Gasteiger partial charge in [-0.2, -0.15) is 0 Å². The molecule has 0 bridgehead atoms. The van der Waals surface area contributed by atoms with Crippen LogP contribution in [0.1, 0.15) is 38.1 Å². The first kappa shape index (κ1) is 20.3. The average Bonchev–Trinajstić information content (AvgIpc) is 3.40. The minimum Gasteiger partial charge on any atom is -0.376 e. The van der Waals surface area contributed by atoms with E-state index in [4.69, 9.17) is 9.73 Å². The number of aliphatic imine (C=N–C) groups is 1. The van der Waals surface area contributed by atoms with Gasteiger partial charge < -0.3 is 19.9 Å². The number of benzene rings is 1. The highest BCUT2D eigenvalue weighted by atomic mass is 16.5. The second kappa shape index (κ2) is 10.8. The van der Waals surface area contributed by atoms with Crippen LogP contribution in [0.15, 0.2) is 41.7 Å². The summed E-state index contributed by atoms with van der Waals surface area (Å²) < 4.78 is 7.90. The van der Waals surface area contributed by atoms with E-state index in [1.807, 2.05) is 6.07 Å². The third kappa shape index (κ3) is 6.05. The second-order valence-electron chi connectivity index (χ2n) is 7.17. The summed E-state index contributed by atoms with van der Waals surface area (Å²) in [5, 5.41) is 15.1. The Hall–Kier alpha value is -2.41. The highest BCUT2D eigenvalue weighted by molar-refractivity contribution is 5.80. The van der Waals surface area contributed by atoms with Gasteiger partial charge in [0.2, 0.25) is 0 Å². The fourth-order valence-electron chi connectivity index (χ4n) is 3.43. The molecular formula is C21H32N6O. The van der Waals surface area contributed by atoms with E-state index in [2.05, 4.69) is 63.5 Å². The molecule has 0 amide bonds. The molecule has 1 aliphatic heterocycles. The van der Waals surface area contributed by atoms with Gasteiger partial charge in [0.15, 0.2) is 5.96 Å². The second-order valence-corrected chi connectivity index (χ2v) is 7.17. The third-order valence-corrected chi connectivity index (χ3v) is 5.06. The molecule has 1 aromatic heterocycles. The molecule has 7 heteroatoms. The summed E-state index contributed by atoms with van der Waals surface area (Å²) >= 11 is 0. The van der Waals surface area contributed by atoms with Gasteiger partial charge in [0, 0.05) is 32.7 Å². The van der Waals surface area contributed by atoms with Crippen molar-refractivity contribution in [2.75, 3.05) is 19.7 Å². The zero-order chi connectivity index (χ0) is 19.6. The van der Waals surface area contributed by atoms with Crippen LogP contribution in [-0.2, 0) is 24.1 Å². The largest absolute Gasteiger partial charge is 0.376 e. The van der Waals surface area contributed by atoms with Crippen LogP contribution < -0.4 is 10.6 Å². The molecule has 1 aromatic carbocycles. The number of aromatic nitrogens is 3. The molecular weight excluding hydrogens is 352 g/mol. The lowest BCUT2D eigenvalue weighted by molar-refractivity contribution is 0.0890. The summed E-state index contributed by atoms with van der Waals surface area (Å²) in [7, 11) is 0. The van der Waals surface area contributed by atoms with Crippen LogP contribution in [0, 0.1) is 0 Å². The van der Waals surface area contributed by atoms with Gasteiger partial charge in [0.05, 0.1) is 12.1 Å². The predicted octanol–water partition coefficient (Wildman–Crippen LogP) is 2.19. The monoisotopic (exact) mass is 384 g/mol. The molecule has 0 saturated carbocycles. The maximum Gasteiger partial charge on any atom is 0.191 e. The van der Waals surface area contributed by atoms with Crippen molar-refractivity contribution in [3.05, 3.63) is 48.0 Å². The fraction of sp³-hybridized carbons (Fsp3) is 0.571. The van der Waals surface area contributed by atoms with E-state index in [-0.39, 0.29) is 12.1 Å². The van der Waals surface area contributed by atoms with Crippen molar-refractivity contribution in [1.82, 2.24) is 25.4 Å². The van der Waals surface area contributed by atoms with Crippen LogP contribution in [0.5, 0.6) is 0 Å². The van der Waals surface area contributed by atoms with Crippen molar-refractivity contribution < 1.29 is 4.74 Å². The van der Waals surface area contributed by atoms with Crippen molar-refractivity contribution in [3.8, 4) is 0 Å². The molecule has 1 fully saturated rings. The van der Waals surface area contributed by atoms with Gasteiger partial charge in [-0.25, -0.2) is 0 Å². The maximum absolute atomic E-state index is 5.82.